The van der Waals surface area contributed by atoms with Crippen molar-refractivity contribution in [2.24, 2.45) is 10.9 Å². The number of hydrazone groups is 1. The van der Waals surface area contributed by atoms with Gasteiger partial charge in [0, 0.05) is 0 Å². The molecule has 1 rings (SSSR count). The van der Waals surface area contributed by atoms with E-state index in [2.05, 4.69) is 5.10 Å². The summed E-state index contributed by atoms with van der Waals surface area (Å²) < 4.78 is 24.1. The third kappa shape index (κ3) is 3.70. The number of allylic oxidation sites excluding steroid dienone is 1. The molecule has 0 saturated carbocycles. The fraction of sp³-hybridized carbons (Fsp3) is 0.308. The van der Waals surface area contributed by atoms with Crippen molar-refractivity contribution >= 4 is 15.5 Å². The maximum Gasteiger partial charge on any atom is 0.181 e. The Hall–Kier alpha value is -1.62. The molecule has 0 bridgehead atoms. The number of hydrogen-bond donors (Lipinski definition) is 1. The van der Waals surface area contributed by atoms with Crippen LogP contribution in [0.25, 0.3) is 0 Å². The van der Waals surface area contributed by atoms with Crippen LogP contribution in [0.3, 0.4) is 0 Å². The Morgan fingerprint density at radius 1 is 1.28 bits per heavy atom. The number of sulfone groups is 1. The average molecular weight is 266 g/mol. The fourth-order valence-corrected chi connectivity index (χ4v) is 2.54. The lowest BCUT2D eigenvalue weighted by Gasteiger charge is -2.03. The highest BCUT2D eigenvalue weighted by Crippen LogP contribution is 2.13. The monoisotopic (exact) mass is 266 g/mol. The summed E-state index contributed by atoms with van der Waals surface area (Å²) >= 11 is 0. The van der Waals surface area contributed by atoms with Gasteiger partial charge in [0.1, 0.15) is 0 Å². The largest absolute Gasteiger partial charge is 0.323 e. The van der Waals surface area contributed by atoms with E-state index in [0.29, 0.717) is 10.6 Å². The quantitative estimate of drug-likeness (QED) is 0.515. The molecule has 0 aromatic heterocycles. The van der Waals surface area contributed by atoms with E-state index in [1.54, 1.807) is 44.2 Å². The summed E-state index contributed by atoms with van der Waals surface area (Å²) in [4.78, 5) is 0.333. The van der Waals surface area contributed by atoms with Gasteiger partial charge >= 0.3 is 0 Å². The number of rotatable bonds is 4. The van der Waals surface area contributed by atoms with E-state index in [1.165, 1.54) is 0 Å². The van der Waals surface area contributed by atoms with Crippen LogP contribution < -0.4 is 5.84 Å². The fourth-order valence-electron chi connectivity index (χ4n) is 1.33. The number of nitrogens with two attached hydrogens (primary N) is 1. The number of nitrogens with zero attached hydrogens (tertiary/aromatic N) is 1. The van der Waals surface area contributed by atoms with Gasteiger partial charge in [0.05, 0.1) is 16.4 Å². The van der Waals surface area contributed by atoms with Crippen molar-refractivity contribution in [3.8, 4) is 0 Å². The molecule has 0 spiro atoms. The molecule has 0 saturated heterocycles. The van der Waals surface area contributed by atoms with Crippen molar-refractivity contribution in [2.75, 3.05) is 5.75 Å². The highest BCUT2D eigenvalue weighted by molar-refractivity contribution is 7.91. The Labute approximate surface area is 108 Å². The zero-order valence-corrected chi connectivity index (χ0v) is 11.7. The van der Waals surface area contributed by atoms with Gasteiger partial charge in [0.2, 0.25) is 0 Å². The van der Waals surface area contributed by atoms with Crippen LogP contribution in [0.5, 0.6) is 0 Å². The Morgan fingerprint density at radius 2 is 1.83 bits per heavy atom. The summed E-state index contributed by atoms with van der Waals surface area (Å²) in [6.45, 7) is 5.45. The van der Waals surface area contributed by atoms with Crippen LogP contribution >= 0.6 is 0 Å². The number of aryl methyl sites for hydroxylation is 1. The summed E-state index contributed by atoms with van der Waals surface area (Å²) in [7, 11) is -3.29. The molecule has 5 heteroatoms. The van der Waals surface area contributed by atoms with Gasteiger partial charge in [-0.05, 0) is 38.5 Å². The van der Waals surface area contributed by atoms with E-state index in [-0.39, 0.29) is 5.75 Å². The van der Waals surface area contributed by atoms with Crippen molar-refractivity contribution in [2.45, 2.75) is 25.7 Å². The summed E-state index contributed by atoms with van der Waals surface area (Å²) in [5.74, 6) is 5.09. The summed E-state index contributed by atoms with van der Waals surface area (Å²) in [5, 5.41) is 3.53. The Morgan fingerprint density at radius 3 is 2.33 bits per heavy atom. The Kier molecular flexibility index (Phi) is 4.67. The molecule has 0 aliphatic rings. The minimum absolute atomic E-state index is 0.0469. The first kappa shape index (κ1) is 14.4. The molecule has 1 aromatic carbocycles. The van der Waals surface area contributed by atoms with Crippen molar-refractivity contribution < 1.29 is 8.42 Å². The summed E-state index contributed by atoms with van der Waals surface area (Å²) in [6.07, 6.45) is 1.63. The van der Waals surface area contributed by atoms with Crippen LogP contribution in [-0.2, 0) is 9.84 Å². The first-order valence-corrected chi connectivity index (χ1v) is 7.23. The van der Waals surface area contributed by atoms with Gasteiger partial charge in [-0.1, -0.05) is 23.8 Å². The van der Waals surface area contributed by atoms with Crippen LogP contribution in [0.2, 0.25) is 0 Å². The zero-order valence-electron chi connectivity index (χ0n) is 10.8. The molecule has 0 unspecified atom stereocenters. The predicted molar refractivity (Wildman–Crippen MR) is 74.3 cm³/mol. The molecule has 0 aliphatic heterocycles. The van der Waals surface area contributed by atoms with Gasteiger partial charge in [0.15, 0.2) is 9.84 Å². The van der Waals surface area contributed by atoms with Crippen molar-refractivity contribution in [3.63, 3.8) is 0 Å². The minimum Gasteiger partial charge on any atom is -0.323 e. The van der Waals surface area contributed by atoms with Crippen molar-refractivity contribution in [1.82, 2.24) is 0 Å². The Bertz CT molecular complexity index is 570. The highest BCUT2D eigenvalue weighted by atomic mass is 32.2. The minimum atomic E-state index is -3.29. The van der Waals surface area contributed by atoms with Crippen LogP contribution in [0, 0.1) is 6.92 Å². The van der Waals surface area contributed by atoms with Crippen molar-refractivity contribution in [3.05, 3.63) is 41.5 Å². The van der Waals surface area contributed by atoms with Crippen LogP contribution in [0.1, 0.15) is 19.4 Å². The van der Waals surface area contributed by atoms with E-state index in [0.717, 1.165) is 11.1 Å². The second kappa shape index (κ2) is 5.82. The lowest BCUT2D eigenvalue weighted by atomic mass is 10.2. The SMILES string of the molecule is CC(=N/N)/C(C)=C/CS(=O)(=O)c1ccc(C)cc1. The second-order valence-electron chi connectivity index (χ2n) is 4.20. The Balaban J connectivity index is 2.93. The molecule has 2 N–H and O–H groups in total. The molecular formula is C13H18N2O2S. The molecule has 98 valence electrons. The van der Waals surface area contributed by atoms with Gasteiger partial charge in [-0.3, -0.25) is 0 Å². The summed E-state index contributed by atoms with van der Waals surface area (Å²) in [5.41, 5.74) is 2.44. The third-order valence-electron chi connectivity index (χ3n) is 2.75. The molecular weight excluding hydrogens is 248 g/mol. The van der Waals surface area contributed by atoms with Gasteiger partial charge < -0.3 is 5.84 Å². The van der Waals surface area contributed by atoms with Gasteiger partial charge in [-0.25, -0.2) is 8.42 Å². The molecule has 4 nitrogen and oxygen atoms in total. The molecule has 0 atom stereocenters. The van der Waals surface area contributed by atoms with E-state index in [4.69, 9.17) is 5.84 Å². The van der Waals surface area contributed by atoms with E-state index >= 15 is 0 Å². The number of benzene rings is 1. The average Bonchev–Trinajstić information content (AvgIpc) is 2.35. The third-order valence-corrected chi connectivity index (χ3v) is 4.35. The molecule has 0 fully saturated rings. The second-order valence-corrected chi connectivity index (χ2v) is 6.23. The smallest absolute Gasteiger partial charge is 0.181 e. The van der Waals surface area contributed by atoms with Crippen LogP contribution in [-0.4, -0.2) is 19.9 Å². The van der Waals surface area contributed by atoms with Crippen LogP contribution in [0.4, 0.5) is 0 Å². The normalized spacial score (nSPS) is 13.7. The lowest BCUT2D eigenvalue weighted by molar-refractivity contribution is 0.599. The van der Waals surface area contributed by atoms with E-state index in [1.807, 2.05) is 6.92 Å². The van der Waals surface area contributed by atoms with Gasteiger partial charge in [-0.15, -0.1) is 0 Å². The maximum absolute atomic E-state index is 12.0. The standard InChI is InChI=1S/C13H18N2O2S/c1-10-4-6-13(7-5-10)18(16,17)9-8-11(2)12(3)15-14/h4-8H,9,14H2,1-3H3/b11-8+,15-12-. The van der Waals surface area contributed by atoms with Gasteiger partial charge in [-0.2, -0.15) is 5.10 Å². The molecule has 0 radical (unpaired) electrons. The molecule has 0 aliphatic carbocycles. The first-order valence-electron chi connectivity index (χ1n) is 5.58. The first-order chi connectivity index (χ1) is 8.36. The van der Waals surface area contributed by atoms with Crippen molar-refractivity contribution in [1.29, 1.82) is 0 Å². The highest BCUT2D eigenvalue weighted by Gasteiger charge is 2.12. The van der Waals surface area contributed by atoms with E-state index < -0.39 is 9.84 Å². The van der Waals surface area contributed by atoms with E-state index in [9.17, 15) is 8.42 Å². The van der Waals surface area contributed by atoms with Crippen LogP contribution in [0.15, 0.2) is 45.9 Å². The summed E-state index contributed by atoms with van der Waals surface area (Å²) in [6, 6.07) is 6.82. The number of hydrogen-bond acceptors (Lipinski definition) is 4. The lowest BCUT2D eigenvalue weighted by Crippen LogP contribution is -2.07. The topological polar surface area (TPSA) is 72.5 Å². The predicted octanol–water partition coefficient (Wildman–Crippen LogP) is 2.05. The zero-order chi connectivity index (χ0) is 13.8. The van der Waals surface area contributed by atoms with Gasteiger partial charge in [0.25, 0.3) is 0 Å². The molecule has 18 heavy (non-hydrogen) atoms. The molecule has 0 heterocycles. The molecule has 0 amide bonds. The molecule has 1 aromatic rings. The maximum atomic E-state index is 12.0.